The zero-order chi connectivity index (χ0) is 14.5. The van der Waals surface area contributed by atoms with Crippen LogP contribution in [-0.2, 0) is 6.42 Å². The van der Waals surface area contributed by atoms with Crippen LogP contribution in [0.15, 0.2) is 36.4 Å². The Morgan fingerprint density at radius 2 is 1.95 bits per heavy atom. The number of nitrogens with two attached hydrogens (primary N) is 1. The van der Waals surface area contributed by atoms with E-state index in [2.05, 4.69) is 11.4 Å². The normalized spacial score (nSPS) is 10.1. The topological polar surface area (TPSA) is 61.8 Å². The van der Waals surface area contributed by atoms with E-state index in [1.807, 2.05) is 12.1 Å². The molecule has 0 atom stereocenters. The van der Waals surface area contributed by atoms with Gasteiger partial charge in [0.2, 0.25) is 0 Å². The molecular weight excluding hydrogens is 293 g/mol. The molecule has 0 aliphatic carbocycles. The molecule has 0 radical (unpaired) electrons. The quantitative estimate of drug-likeness (QED) is 0.836. The molecule has 0 aliphatic rings. The van der Waals surface area contributed by atoms with E-state index >= 15 is 0 Å². The third-order valence-electron chi connectivity index (χ3n) is 2.91. The summed E-state index contributed by atoms with van der Waals surface area (Å²) in [7, 11) is 0. The van der Waals surface area contributed by atoms with E-state index in [9.17, 15) is 0 Å². The van der Waals surface area contributed by atoms with E-state index < -0.39 is 0 Å². The summed E-state index contributed by atoms with van der Waals surface area (Å²) >= 11 is 12.0. The van der Waals surface area contributed by atoms with Crippen LogP contribution in [0.1, 0.15) is 11.1 Å². The van der Waals surface area contributed by atoms with Crippen molar-refractivity contribution in [3.8, 4) is 6.07 Å². The smallest absolute Gasteiger partial charge is 0.0992 e. The van der Waals surface area contributed by atoms with Crippen molar-refractivity contribution < 1.29 is 0 Å². The number of hydrogen-bond acceptors (Lipinski definition) is 3. The van der Waals surface area contributed by atoms with Crippen molar-refractivity contribution in [3.05, 3.63) is 57.6 Å². The van der Waals surface area contributed by atoms with Crippen molar-refractivity contribution in [3.63, 3.8) is 0 Å². The van der Waals surface area contributed by atoms with Crippen molar-refractivity contribution in [2.75, 3.05) is 17.6 Å². The molecule has 102 valence electrons. The molecule has 0 aliphatic heterocycles. The highest BCUT2D eigenvalue weighted by Crippen LogP contribution is 2.22. The highest BCUT2D eigenvalue weighted by atomic mass is 35.5. The summed E-state index contributed by atoms with van der Waals surface area (Å²) in [6, 6.07) is 12.7. The largest absolute Gasteiger partial charge is 0.397 e. The van der Waals surface area contributed by atoms with Crippen LogP contribution < -0.4 is 11.1 Å². The SMILES string of the molecule is N#Cc1ccc(NCCc2ccc(Cl)cc2Cl)c(N)c1. The van der Waals surface area contributed by atoms with Gasteiger partial charge >= 0.3 is 0 Å². The molecule has 2 rings (SSSR count). The fourth-order valence-corrected chi connectivity index (χ4v) is 2.35. The Balaban J connectivity index is 1.98. The summed E-state index contributed by atoms with van der Waals surface area (Å²) in [5.41, 5.74) is 8.82. The minimum absolute atomic E-state index is 0.550. The molecule has 3 nitrogen and oxygen atoms in total. The lowest BCUT2D eigenvalue weighted by molar-refractivity contribution is 1.02. The molecule has 5 heteroatoms. The van der Waals surface area contributed by atoms with Gasteiger partial charge in [0.25, 0.3) is 0 Å². The Hall–Kier alpha value is -1.89. The lowest BCUT2D eigenvalue weighted by Gasteiger charge is -2.10. The summed E-state index contributed by atoms with van der Waals surface area (Å²) in [6.45, 7) is 0.692. The van der Waals surface area contributed by atoms with E-state index in [4.69, 9.17) is 34.2 Å². The number of anilines is 2. The van der Waals surface area contributed by atoms with Gasteiger partial charge in [0, 0.05) is 16.6 Å². The first-order valence-corrected chi connectivity index (χ1v) is 6.83. The van der Waals surface area contributed by atoms with Crippen molar-refractivity contribution in [1.82, 2.24) is 0 Å². The van der Waals surface area contributed by atoms with E-state index in [1.165, 1.54) is 0 Å². The predicted molar refractivity (Wildman–Crippen MR) is 84.2 cm³/mol. The van der Waals surface area contributed by atoms with Gasteiger partial charge in [0.05, 0.1) is 23.0 Å². The Morgan fingerprint density at radius 3 is 2.60 bits per heavy atom. The van der Waals surface area contributed by atoms with Crippen LogP contribution >= 0.6 is 23.2 Å². The third kappa shape index (κ3) is 3.57. The van der Waals surface area contributed by atoms with E-state index in [0.29, 0.717) is 27.8 Å². The highest BCUT2D eigenvalue weighted by molar-refractivity contribution is 6.35. The van der Waals surface area contributed by atoms with E-state index in [1.54, 1.807) is 24.3 Å². The van der Waals surface area contributed by atoms with Gasteiger partial charge in [-0.3, -0.25) is 0 Å². The van der Waals surface area contributed by atoms with Gasteiger partial charge in [-0.2, -0.15) is 5.26 Å². The Morgan fingerprint density at radius 1 is 1.15 bits per heavy atom. The molecule has 0 saturated heterocycles. The van der Waals surface area contributed by atoms with Gasteiger partial charge in [-0.25, -0.2) is 0 Å². The number of nitriles is 1. The van der Waals surface area contributed by atoms with Crippen LogP contribution in [0.25, 0.3) is 0 Å². The molecule has 2 aromatic rings. The Labute approximate surface area is 127 Å². The number of hydrogen-bond donors (Lipinski definition) is 2. The predicted octanol–water partition coefficient (Wildman–Crippen LogP) is 4.10. The summed E-state index contributed by atoms with van der Waals surface area (Å²) in [6.07, 6.45) is 0.759. The van der Waals surface area contributed by atoms with Gasteiger partial charge in [0.15, 0.2) is 0 Å². The monoisotopic (exact) mass is 305 g/mol. The van der Waals surface area contributed by atoms with Crippen LogP contribution in [-0.4, -0.2) is 6.54 Å². The second-order valence-electron chi connectivity index (χ2n) is 4.33. The maximum Gasteiger partial charge on any atom is 0.0992 e. The molecule has 0 aromatic heterocycles. The lowest BCUT2D eigenvalue weighted by atomic mass is 10.1. The molecule has 0 bridgehead atoms. The van der Waals surface area contributed by atoms with E-state index in [-0.39, 0.29) is 0 Å². The van der Waals surface area contributed by atoms with Crippen molar-refractivity contribution in [1.29, 1.82) is 5.26 Å². The zero-order valence-corrected chi connectivity index (χ0v) is 12.2. The zero-order valence-electron chi connectivity index (χ0n) is 10.7. The van der Waals surface area contributed by atoms with Crippen LogP contribution in [0.3, 0.4) is 0 Å². The van der Waals surface area contributed by atoms with Crippen molar-refractivity contribution in [2.24, 2.45) is 0 Å². The number of nitrogen functional groups attached to an aromatic ring is 1. The van der Waals surface area contributed by atoms with Crippen molar-refractivity contribution in [2.45, 2.75) is 6.42 Å². The summed E-state index contributed by atoms with van der Waals surface area (Å²) in [5.74, 6) is 0. The number of halogens is 2. The fourth-order valence-electron chi connectivity index (χ4n) is 1.85. The number of benzene rings is 2. The fraction of sp³-hybridized carbons (Fsp3) is 0.133. The molecule has 0 unspecified atom stereocenters. The minimum atomic E-state index is 0.550. The summed E-state index contributed by atoms with van der Waals surface area (Å²) < 4.78 is 0. The molecule has 3 N–H and O–H groups in total. The van der Waals surface area contributed by atoms with Gasteiger partial charge in [-0.15, -0.1) is 0 Å². The number of nitrogens with zero attached hydrogens (tertiary/aromatic N) is 1. The number of nitrogens with one attached hydrogen (secondary N) is 1. The average Bonchev–Trinajstić information content (AvgIpc) is 2.42. The Bertz CT molecular complexity index is 663. The van der Waals surface area contributed by atoms with E-state index in [0.717, 1.165) is 17.7 Å². The highest BCUT2D eigenvalue weighted by Gasteiger charge is 2.03. The third-order valence-corrected chi connectivity index (χ3v) is 3.49. The lowest BCUT2D eigenvalue weighted by Crippen LogP contribution is -2.07. The van der Waals surface area contributed by atoms with Gasteiger partial charge in [0.1, 0.15) is 0 Å². The summed E-state index contributed by atoms with van der Waals surface area (Å²) in [4.78, 5) is 0. The molecule has 0 heterocycles. The first-order chi connectivity index (χ1) is 9.60. The molecular formula is C15H13Cl2N3. The van der Waals surface area contributed by atoms with Crippen LogP contribution in [0.2, 0.25) is 10.0 Å². The van der Waals surface area contributed by atoms with Gasteiger partial charge in [-0.1, -0.05) is 29.3 Å². The van der Waals surface area contributed by atoms with Crippen LogP contribution in [0.5, 0.6) is 0 Å². The first kappa shape index (κ1) is 14.5. The van der Waals surface area contributed by atoms with Crippen LogP contribution in [0, 0.1) is 11.3 Å². The standard InChI is InChI=1S/C15H13Cl2N3/c16-12-3-2-11(13(17)8-12)5-6-20-15-4-1-10(9-18)7-14(15)19/h1-4,7-8,20H,5-6,19H2. The summed E-state index contributed by atoms with van der Waals surface area (Å²) in [5, 5.41) is 13.3. The van der Waals surface area contributed by atoms with Gasteiger partial charge < -0.3 is 11.1 Å². The molecule has 0 fully saturated rings. The molecule has 2 aromatic carbocycles. The first-order valence-electron chi connectivity index (χ1n) is 6.07. The minimum Gasteiger partial charge on any atom is -0.397 e. The second kappa shape index (κ2) is 6.51. The Kier molecular flexibility index (Phi) is 4.73. The average molecular weight is 306 g/mol. The maximum atomic E-state index is 8.78. The molecule has 0 spiro atoms. The molecule has 20 heavy (non-hydrogen) atoms. The van der Waals surface area contributed by atoms with Gasteiger partial charge in [-0.05, 0) is 42.3 Å². The van der Waals surface area contributed by atoms with Crippen molar-refractivity contribution >= 4 is 34.6 Å². The number of rotatable bonds is 4. The second-order valence-corrected chi connectivity index (χ2v) is 5.17. The molecule has 0 amide bonds. The van der Waals surface area contributed by atoms with Crippen LogP contribution in [0.4, 0.5) is 11.4 Å². The maximum absolute atomic E-state index is 8.78. The molecule has 0 saturated carbocycles.